The van der Waals surface area contributed by atoms with Crippen molar-refractivity contribution in [1.29, 1.82) is 0 Å². The monoisotopic (exact) mass is 320 g/mol. The minimum absolute atomic E-state index is 0.484. The number of hydrogen-bond acceptors (Lipinski definition) is 5. The van der Waals surface area contributed by atoms with Crippen molar-refractivity contribution in [3.05, 3.63) is 48.2 Å². The Morgan fingerprint density at radius 1 is 1.12 bits per heavy atom. The fourth-order valence-corrected chi connectivity index (χ4v) is 3.19. The van der Waals surface area contributed by atoms with Gasteiger partial charge >= 0.3 is 0 Å². The molecular weight excluding hydrogens is 300 g/mol. The van der Waals surface area contributed by atoms with Gasteiger partial charge < -0.3 is 9.84 Å². The summed E-state index contributed by atoms with van der Waals surface area (Å²) >= 11 is 0. The van der Waals surface area contributed by atoms with Crippen LogP contribution in [0.25, 0.3) is 22.8 Å². The molecule has 1 aliphatic rings. The van der Waals surface area contributed by atoms with Gasteiger partial charge in [0.1, 0.15) is 5.82 Å². The summed E-state index contributed by atoms with van der Waals surface area (Å²) in [6.07, 6.45) is 6.72. The minimum Gasteiger partial charge on any atom is -0.367 e. The zero-order valence-electron chi connectivity index (χ0n) is 13.7. The highest BCUT2D eigenvalue weighted by Crippen LogP contribution is 2.29. The first-order valence-corrected chi connectivity index (χ1v) is 8.42. The highest BCUT2D eigenvalue weighted by Gasteiger charge is 2.19. The van der Waals surface area contributed by atoms with Gasteiger partial charge in [-0.2, -0.15) is 4.98 Å². The number of nitrogens with zero attached hydrogens (tertiary/aromatic N) is 3. The first-order chi connectivity index (χ1) is 11.8. The Labute approximate surface area is 141 Å². The Kier molecular flexibility index (Phi) is 3.99. The van der Waals surface area contributed by atoms with Crippen LogP contribution in [0.15, 0.2) is 47.1 Å². The van der Waals surface area contributed by atoms with Gasteiger partial charge in [0.05, 0.1) is 5.56 Å². The molecule has 1 fully saturated rings. The number of anilines is 1. The average Bonchev–Trinajstić information content (AvgIpc) is 3.27. The van der Waals surface area contributed by atoms with Crippen LogP contribution in [-0.4, -0.2) is 21.2 Å². The Morgan fingerprint density at radius 2 is 2.00 bits per heavy atom. The Hall–Kier alpha value is -2.69. The smallest absolute Gasteiger partial charge is 0.261 e. The van der Waals surface area contributed by atoms with Crippen molar-refractivity contribution in [1.82, 2.24) is 15.1 Å². The normalized spacial score (nSPS) is 14.9. The second kappa shape index (κ2) is 6.43. The van der Waals surface area contributed by atoms with Gasteiger partial charge in [0.2, 0.25) is 5.82 Å². The fraction of sp³-hybridized carbons (Fsp3) is 0.316. The van der Waals surface area contributed by atoms with Gasteiger partial charge in [-0.3, -0.25) is 0 Å². The van der Waals surface area contributed by atoms with Crippen LogP contribution in [0.1, 0.15) is 31.2 Å². The SMILES string of the molecule is Cc1cccc(-c2noc(-c3cccnc3NC3CCCC3)n2)c1. The van der Waals surface area contributed by atoms with Gasteiger partial charge in [0, 0.05) is 17.8 Å². The largest absolute Gasteiger partial charge is 0.367 e. The summed E-state index contributed by atoms with van der Waals surface area (Å²) in [6.45, 7) is 2.05. The average molecular weight is 320 g/mol. The number of nitrogens with one attached hydrogen (secondary N) is 1. The highest BCUT2D eigenvalue weighted by atomic mass is 16.5. The molecule has 0 bridgehead atoms. The summed E-state index contributed by atoms with van der Waals surface area (Å²) in [4.78, 5) is 9.05. The molecule has 1 N–H and O–H groups in total. The number of benzene rings is 1. The lowest BCUT2D eigenvalue weighted by molar-refractivity contribution is 0.432. The van der Waals surface area contributed by atoms with E-state index < -0.39 is 0 Å². The number of aromatic nitrogens is 3. The third-order valence-electron chi connectivity index (χ3n) is 4.44. The first kappa shape index (κ1) is 14.9. The van der Waals surface area contributed by atoms with Gasteiger partial charge in [0.25, 0.3) is 5.89 Å². The van der Waals surface area contributed by atoms with Crippen molar-refractivity contribution in [2.45, 2.75) is 38.6 Å². The molecular formula is C19H20N4O. The molecule has 1 aromatic carbocycles. The Bertz CT molecular complexity index is 837. The Morgan fingerprint density at radius 3 is 2.83 bits per heavy atom. The molecule has 1 aliphatic carbocycles. The standard InChI is InChI=1S/C19H20N4O/c1-13-6-4-7-14(12-13)17-22-19(24-23-17)16-10-5-11-20-18(16)21-15-8-2-3-9-15/h4-7,10-12,15H,2-3,8-9H2,1H3,(H,20,21). The molecule has 4 rings (SSSR count). The molecule has 0 spiro atoms. The van der Waals surface area contributed by atoms with Gasteiger partial charge in [-0.25, -0.2) is 4.98 Å². The predicted molar refractivity (Wildman–Crippen MR) is 93.6 cm³/mol. The molecule has 2 heterocycles. The van der Waals surface area contributed by atoms with Gasteiger partial charge in [0.15, 0.2) is 0 Å². The molecule has 2 aromatic heterocycles. The lowest BCUT2D eigenvalue weighted by Crippen LogP contribution is -2.16. The van der Waals surface area contributed by atoms with E-state index in [0.717, 1.165) is 16.9 Å². The first-order valence-electron chi connectivity index (χ1n) is 8.42. The molecule has 5 nitrogen and oxygen atoms in total. The summed E-state index contributed by atoms with van der Waals surface area (Å²) in [6, 6.07) is 12.4. The van der Waals surface area contributed by atoms with Crippen LogP contribution in [-0.2, 0) is 0 Å². The van der Waals surface area contributed by atoms with Gasteiger partial charge in [-0.15, -0.1) is 0 Å². The maximum absolute atomic E-state index is 5.51. The summed E-state index contributed by atoms with van der Waals surface area (Å²) in [5.41, 5.74) is 2.99. The van der Waals surface area contributed by atoms with E-state index in [2.05, 4.69) is 39.5 Å². The topological polar surface area (TPSA) is 63.8 Å². The van der Waals surface area contributed by atoms with Gasteiger partial charge in [-0.05, 0) is 38.0 Å². The van der Waals surface area contributed by atoms with E-state index in [4.69, 9.17) is 4.52 Å². The summed E-state index contributed by atoms with van der Waals surface area (Å²) in [5, 5.41) is 7.66. The third-order valence-corrected chi connectivity index (χ3v) is 4.44. The van der Waals surface area contributed by atoms with Crippen molar-refractivity contribution >= 4 is 5.82 Å². The fourth-order valence-electron chi connectivity index (χ4n) is 3.19. The van der Waals surface area contributed by atoms with E-state index in [1.165, 1.54) is 31.2 Å². The third kappa shape index (κ3) is 3.02. The number of aryl methyl sites for hydroxylation is 1. The van der Waals surface area contributed by atoms with E-state index in [9.17, 15) is 0 Å². The molecule has 5 heteroatoms. The van der Waals surface area contributed by atoms with Crippen LogP contribution in [0.5, 0.6) is 0 Å². The van der Waals surface area contributed by atoms with E-state index in [1.54, 1.807) is 6.20 Å². The molecule has 0 unspecified atom stereocenters. The lowest BCUT2D eigenvalue weighted by Gasteiger charge is -2.14. The van der Waals surface area contributed by atoms with E-state index in [1.807, 2.05) is 24.3 Å². The molecule has 0 aliphatic heterocycles. The quantitative estimate of drug-likeness (QED) is 0.769. The van der Waals surface area contributed by atoms with Crippen molar-refractivity contribution < 1.29 is 4.52 Å². The van der Waals surface area contributed by atoms with E-state index >= 15 is 0 Å². The van der Waals surface area contributed by atoms with Crippen molar-refractivity contribution in [3.63, 3.8) is 0 Å². The molecule has 1 saturated carbocycles. The zero-order chi connectivity index (χ0) is 16.4. The van der Waals surface area contributed by atoms with Crippen LogP contribution in [0.4, 0.5) is 5.82 Å². The zero-order valence-corrected chi connectivity index (χ0v) is 13.7. The van der Waals surface area contributed by atoms with E-state index in [0.29, 0.717) is 17.8 Å². The number of rotatable bonds is 4. The molecule has 24 heavy (non-hydrogen) atoms. The second-order valence-corrected chi connectivity index (χ2v) is 6.32. The number of hydrogen-bond donors (Lipinski definition) is 1. The minimum atomic E-state index is 0.484. The number of pyridine rings is 1. The summed E-state index contributed by atoms with van der Waals surface area (Å²) in [5.74, 6) is 1.92. The van der Waals surface area contributed by atoms with Crippen LogP contribution in [0.2, 0.25) is 0 Å². The van der Waals surface area contributed by atoms with Crippen LogP contribution < -0.4 is 5.32 Å². The molecule has 3 aromatic rings. The maximum atomic E-state index is 5.51. The predicted octanol–water partition coefficient (Wildman–Crippen LogP) is 4.46. The van der Waals surface area contributed by atoms with Crippen LogP contribution >= 0.6 is 0 Å². The summed E-state index contributed by atoms with van der Waals surface area (Å²) < 4.78 is 5.51. The van der Waals surface area contributed by atoms with E-state index in [-0.39, 0.29) is 0 Å². The molecule has 0 atom stereocenters. The highest BCUT2D eigenvalue weighted by molar-refractivity contribution is 5.70. The van der Waals surface area contributed by atoms with Crippen LogP contribution in [0.3, 0.4) is 0 Å². The van der Waals surface area contributed by atoms with Gasteiger partial charge in [-0.1, -0.05) is 41.8 Å². The maximum Gasteiger partial charge on any atom is 0.261 e. The lowest BCUT2D eigenvalue weighted by atomic mass is 10.1. The molecule has 122 valence electrons. The second-order valence-electron chi connectivity index (χ2n) is 6.32. The van der Waals surface area contributed by atoms with Crippen molar-refractivity contribution in [3.8, 4) is 22.8 Å². The molecule has 0 radical (unpaired) electrons. The Balaban J connectivity index is 1.64. The summed E-state index contributed by atoms with van der Waals surface area (Å²) in [7, 11) is 0. The van der Waals surface area contributed by atoms with Crippen molar-refractivity contribution in [2.75, 3.05) is 5.32 Å². The van der Waals surface area contributed by atoms with Crippen LogP contribution in [0, 0.1) is 6.92 Å². The molecule has 0 saturated heterocycles. The van der Waals surface area contributed by atoms with Crippen molar-refractivity contribution in [2.24, 2.45) is 0 Å². The molecule has 0 amide bonds.